The molecule has 35 heavy (non-hydrogen) atoms. The second-order valence-electron chi connectivity index (χ2n) is 10.3. The number of ether oxygens (including phenoxy) is 1. The molecule has 0 unspecified atom stereocenters. The normalized spacial score (nSPS) is 21.4. The average molecular weight is 493 g/mol. The van der Waals surface area contributed by atoms with E-state index in [0.29, 0.717) is 19.3 Å². The lowest BCUT2D eigenvalue weighted by atomic mass is 9.85. The van der Waals surface area contributed by atoms with Gasteiger partial charge in [0.2, 0.25) is 0 Å². The molecule has 0 aromatic carbocycles. The van der Waals surface area contributed by atoms with Gasteiger partial charge in [0, 0.05) is 18.8 Å². The summed E-state index contributed by atoms with van der Waals surface area (Å²) in [5, 5.41) is 20.5. The Kier molecular flexibility index (Phi) is 18.7. The van der Waals surface area contributed by atoms with Crippen molar-refractivity contribution in [1.82, 2.24) is 0 Å². The Bertz CT molecular complexity index is 612. The number of Topliss-reactive ketones (excluding diaryl/α,β-unsaturated/α-hetero) is 1. The number of aliphatic hydroxyl groups excluding tert-OH is 2. The first-order valence-electron chi connectivity index (χ1n) is 14.4. The highest BCUT2D eigenvalue weighted by Gasteiger charge is 2.40. The van der Waals surface area contributed by atoms with Gasteiger partial charge in [-0.25, -0.2) is 0 Å². The minimum Gasteiger partial charge on any atom is -0.434 e. The predicted molar refractivity (Wildman–Crippen MR) is 143 cm³/mol. The maximum atomic E-state index is 12.4. The fraction of sp³-hybridized carbons (Fsp3) is 0.800. The zero-order valence-corrected chi connectivity index (χ0v) is 22.5. The molecule has 202 valence electrons. The minimum atomic E-state index is -0.565. The molecule has 5 nitrogen and oxygen atoms in total. The molecule has 2 N–H and O–H groups in total. The van der Waals surface area contributed by atoms with Crippen LogP contribution in [-0.4, -0.2) is 34.2 Å². The van der Waals surface area contributed by atoms with Crippen LogP contribution in [0.2, 0.25) is 0 Å². The summed E-state index contributed by atoms with van der Waals surface area (Å²) in [6.45, 7) is 4.36. The maximum absolute atomic E-state index is 12.4. The van der Waals surface area contributed by atoms with Crippen molar-refractivity contribution in [1.29, 1.82) is 0 Å². The molecule has 0 aliphatic heterocycles. The SMILES string of the molecule is CCCCCCCCCC(=O)O/C=C/C=C/CCC[C@H]1C(=O)C[C@@H](O)[C@@H]1CC[C@@H](O)CCCCC. The van der Waals surface area contributed by atoms with Gasteiger partial charge >= 0.3 is 5.97 Å². The molecule has 5 heteroatoms. The largest absolute Gasteiger partial charge is 0.434 e. The molecular formula is C30H52O5. The Morgan fingerprint density at radius 2 is 1.63 bits per heavy atom. The average Bonchev–Trinajstić information content (AvgIpc) is 3.10. The fourth-order valence-electron chi connectivity index (χ4n) is 5.02. The van der Waals surface area contributed by atoms with E-state index in [1.807, 2.05) is 12.2 Å². The number of carbonyl (C=O) groups excluding carboxylic acids is 2. The monoisotopic (exact) mass is 492 g/mol. The first-order chi connectivity index (χ1) is 17.0. The molecule has 0 heterocycles. The van der Waals surface area contributed by atoms with Gasteiger partial charge < -0.3 is 14.9 Å². The standard InChI is InChI=1S/C30H52O5/c1-3-5-7-8-9-12-16-20-30(34)35-23-17-13-10-11-15-19-26-27(29(33)24-28(26)32)22-21-25(31)18-14-6-4-2/h10,13,17,23,25-27,29,31,33H,3-9,11-12,14-16,18-22,24H2,1-2H3/b13-10+,23-17+/t25-,26+,27+,29+/m0/s1. The third-order valence-corrected chi connectivity index (χ3v) is 7.20. The molecule has 0 aromatic heterocycles. The van der Waals surface area contributed by atoms with Crippen molar-refractivity contribution < 1.29 is 24.5 Å². The Hall–Kier alpha value is -1.46. The molecule has 1 aliphatic carbocycles. The van der Waals surface area contributed by atoms with E-state index in [9.17, 15) is 19.8 Å². The Morgan fingerprint density at radius 1 is 0.943 bits per heavy atom. The van der Waals surface area contributed by atoms with Gasteiger partial charge in [-0.1, -0.05) is 83.8 Å². The fourth-order valence-corrected chi connectivity index (χ4v) is 5.02. The highest BCUT2D eigenvalue weighted by Crippen LogP contribution is 2.36. The van der Waals surface area contributed by atoms with Crippen LogP contribution >= 0.6 is 0 Å². The number of aliphatic hydroxyl groups is 2. The van der Waals surface area contributed by atoms with E-state index >= 15 is 0 Å². The summed E-state index contributed by atoms with van der Waals surface area (Å²) in [4.78, 5) is 24.1. The van der Waals surface area contributed by atoms with Crippen LogP contribution in [0.15, 0.2) is 24.5 Å². The first-order valence-corrected chi connectivity index (χ1v) is 14.4. The summed E-state index contributed by atoms with van der Waals surface area (Å²) in [5.74, 6) is -0.130. The topological polar surface area (TPSA) is 83.8 Å². The molecule has 0 radical (unpaired) electrons. The van der Waals surface area contributed by atoms with Crippen LogP contribution in [0.4, 0.5) is 0 Å². The lowest BCUT2D eigenvalue weighted by Crippen LogP contribution is -2.22. The molecule has 4 atom stereocenters. The molecule has 0 saturated heterocycles. The van der Waals surface area contributed by atoms with Crippen LogP contribution in [0.1, 0.15) is 129 Å². The number of hydrogen-bond donors (Lipinski definition) is 2. The van der Waals surface area contributed by atoms with Crippen molar-refractivity contribution in [3.05, 3.63) is 24.5 Å². The number of allylic oxidation sites excluding steroid dienone is 3. The van der Waals surface area contributed by atoms with Gasteiger partial charge in [0.25, 0.3) is 0 Å². The van der Waals surface area contributed by atoms with Gasteiger partial charge in [-0.05, 0) is 56.9 Å². The van der Waals surface area contributed by atoms with Crippen LogP contribution in [0.25, 0.3) is 0 Å². The van der Waals surface area contributed by atoms with Crippen molar-refractivity contribution in [2.24, 2.45) is 11.8 Å². The van der Waals surface area contributed by atoms with Gasteiger partial charge in [0.1, 0.15) is 5.78 Å². The highest BCUT2D eigenvalue weighted by molar-refractivity contribution is 5.84. The maximum Gasteiger partial charge on any atom is 0.310 e. The number of hydrogen-bond acceptors (Lipinski definition) is 5. The number of carbonyl (C=O) groups is 2. The molecule has 0 bridgehead atoms. The van der Waals surface area contributed by atoms with Crippen LogP contribution in [0, 0.1) is 11.8 Å². The quantitative estimate of drug-likeness (QED) is 0.0766. The van der Waals surface area contributed by atoms with Gasteiger partial charge in [-0.3, -0.25) is 9.59 Å². The second kappa shape index (κ2) is 20.7. The van der Waals surface area contributed by atoms with E-state index in [1.54, 1.807) is 6.08 Å². The summed E-state index contributed by atoms with van der Waals surface area (Å²) in [5.41, 5.74) is 0. The molecule has 0 spiro atoms. The summed E-state index contributed by atoms with van der Waals surface area (Å²) in [7, 11) is 0. The van der Waals surface area contributed by atoms with E-state index in [2.05, 4.69) is 13.8 Å². The van der Waals surface area contributed by atoms with Gasteiger partial charge in [-0.15, -0.1) is 0 Å². The van der Waals surface area contributed by atoms with Crippen LogP contribution in [-0.2, 0) is 14.3 Å². The highest BCUT2D eigenvalue weighted by atomic mass is 16.5. The molecule has 0 amide bonds. The second-order valence-corrected chi connectivity index (χ2v) is 10.3. The van der Waals surface area contributed by atoms with Crippen molar-refractivity contribution >= 4 is 11.8 Å². The van der Waals surface area contributed by atoms with Crippen LogP contribution < -0.4 is 0 Å². The van der Waals surface area contributed by atoms with Crippen molar-refractivity contribution in [3.8, 4) is 0 Å². The van der Waals surface area contributed by atoms with Crippen LogP contribution in [0.3, 0.4) is 0 Å². The van der Waals surface area contributed by atoms with Crippen LogP contribution in [0.5, 0.6) is 0 Å². The van der Waals surface area contributed by atoms with Crippen molar-refractivity contribution in [3.63, 3.8) is 0 Å². The Morgan fingerprint density at radius 3 is 2.37 bits per heavy atom. The number of rotatable bonds is 21. The molecule has 0 aromatic rings. The lowest BCUT2D eigenvalue weighted by Gasteiger charge is -2.22. The molecule has 1 rings (SSSR count). The predicted octanol–water partition coefficient (Wildman–Crippen LogP) is 7.20. The summed E-state index contributed by atoms with van der Waals surface area (Å²) in [6, 6.07) is 0. The smallest absolute Gasteiger partial charge is 0.310 e. The summed E-state index contributed by atoms with van der Waals surface area (Å²) < 4.78 is 5.13. The number of esters is 1. The number of ketones is 1. The molecular weight excluding hydrogens is 440 g/mol. The summed E-state index contributed by atoms with van der Waals surface area (Å²) >= 11 is 0. The Balaban J connectivity index is 2.17. The van der Waals surface area contributed by atoms with Crippen molar-refractivity contribution in [2.45, 2.75) is 142 Å². The first kappa shape index (κ1) is 31.6. The number of unbranched alkanes of at least 4 members (excludes halogenated alkanes) is 9. The summed E-state index contributed by atoms with van der Waals surface area (Å²) in [6.07, 6.45) is 23.1. The lowest BCUT2D eigenvalue weighted by molar-refractivity contribution is -0.138. The van der Waals surface area contributed by atoms with E-state index in [-0.39, 0.29) is 36.1 Å². The minimum absolute atomic E-state index is 0.0250. The zero-order valence-electron chi connectivity index (χ0n) is 22.5. The third-order valence-electron chi connectivity index (χ3n) is 7.20. The molecule has 1 fully saturated rings. The van der Waals surface area contributed by atoms with Crippen molar-refractivity contribution in [2.75, 3.05) is 0 Å². The van der Waals surface area contributed by atoms with Gasteiger partial charge in [0.05, 0.1) is 18.5 Å². The molecule has 1 saturated carbocycles. The van der Waals surface area contributed by atoms with Gasteiger partial charge in [0.15, 0.2) is 0 Å². The Labute approximate surface area is 214 Å². The van der Waals surface area contributed by atoms with E-state index < -0.39 is 6.10 Å². The van der Waals surface area contributed by atoms with E-state index in [1.165, 1.54) is 38.4 Å². The third kappa shape index (κ3) is 15.3. The zero-order chi connectivity index (χ0) is 25.7. The van der Waals surface area contributed by atoms with E-state index in [0.717, 1.165) is 57.8 Å². The molecule has 1 aliphatic rings. The van der Waals surface area contributed by atoms with E-state index in [4.69, 9.17) is 4.74 Å². The van der Waals surface area contributed by atoms with Gasteiger partial charge in [-0.2, -0.15) is 0 Å².